The zero-order valence-corrected chi connectivity index (χ0v) is 12.3. The molecule has 2 aromatic rings. The number of benzene rings is 2. The van der Waals surface area contributed by atoms with Gasteiger partial charge in [0.25, 0.3) is 0 Å². The van der Waals surface area contributed by atoms with E-state index in [9.17, 15) is 8.78 Å². The Kier molecular flexibility index (Phi) is 4.91. The van der Waals surface area contributed by atoms with Gasteiger partial charge in [0.05, 0.1) is 6.04 Å². The number of hydrogen-bond donors (Lipinski definition) is 1. The summed E-state index contributed by atoms with van der Waals surface area (Å²) < 4.78 is 26.9. The van der Waals surface area contributed by atoms with Gasteiger partial charge in [0.15, 0.2) is 0 Å². The number of rotatable bonds is 5. The largest absolute Gasteiger partial charge is 0.363 e. The first-order valence-corrected chi connectivity index (χ1v) is 7.05. The summed E-state index contributed by atoms with van der Waals surface area (Å²) in [5, 5.41) is 0. The Morgan fingerprint density at radius 3 is 2.48 bits per heavy atom. The monoisotopic (exact) mass is 290 g/mol. The molecule has 0 heterocycles. The lowest BCUT2D eigenvalue weighted by Crippen LogP contribution is -2.33. The highest BCUT2D eigenvalue weighted by Gasteiger charge is 2.19. The van der Waals surface area contributed by atoms with Gasteiger partial charge >= 0.3 is 0 Å². The van der Waals surface area contributed by atoms with Gasteiger partial charge in [-0.2, -0.15) is 0 Å². The lowest BCUT2D eigenvalue weighted by Gasteiger charge is -2.32. The maximum absolute atomic E-state index is 13.4. The van der Waals surface area contributed by atoms with Crippen molar-refractivity contribution in [3.63, 3.8) is 0 Å². The summed E-state index contributed by atoms with van der Waals surface area (Å²) in [6.45, 7) is 4.77. The Bertz CT molecular complexity index is 613. The normalized spacial score (nSPS) is 12.2. The van der Waals surface area contributed by atoms with E-state index in [0.717, 1.165) is 11.3 Å². The van der Waals surface area contributed by atoms with E-state index >= 15 is 0 Å². The Hall–Kier alpha value is -1.94. The molecule has 0 saturated carbocycles. The van der Waals surface area contributed by atoms with Crippen LogP contribution < -0.4 is 10.6 Å². The Labute approximate surface area is 124 Å². The summed E-state index contributed by atoms with van der Waals surface area (Å²) in [6, 6.07) is 11.3. The van der Waals surface area contributed by atoms with Gasteiger partial charge < -0.3 is 10.6 Å². The minimum Gasteiger partial charge on any atom is -0.363 e. The number of nitrogens with zero attached hydrogens (tertiary/aromatic N) is 1. The molecule has 0 aliphatic heterocycles. The van der Waals surface area contributed by atoms with Crippen LogP contribution in [0, 0.1) is 18.6 Å². The van der Waals surface area contributed by atoms with Crippen molar-refractivity contribution in [2.24, 2.45) is 5.73 Å². The fraction of sp³-hybridized carbons (Fsp3) is 0.294. The van der Waals surface area contributed by atoms with Crippen LogP contribution in [0.2, 0.25) is 0 Å². The summed E-state index contributed by atoms with van der Waals surface area (Å²) in [5.74, 6) is -0.514. The van der Waals surface area contributed by atoms with E-state index in [4.69, 9.17) is 5.73 Å². The van der Waals surface area contributed by atoms with Gasteiger partial charge in [0.2, 0.25) is 0 Å². The zero-order valence-electron chi connectivity index (χ0n) is 12.3. The number of hydrogen-bond acceptors (Lipinski definition) is 2. The predicted molar refractivity (Wildman–Crippen MR) is 82.4 cm³/mol. The van der Waals surface area contributed by atoms with Gasteiger partial charge in [-0.1, -0.05) is 18.2 Å². The SMILES string of the molecule is CCN(c1cccc(F)c1)C(CN)c1ccc(F)c(C)c1. The van der Waals surface area contributed by atoms with Gasteiger partial charge in [-0.05, 0) is 49.2 Å². The summed E-state index contributed by atoms with van der Waals surface area (Å²) in [4.78, 5) is 2.02. The molecule has 1 unspecified atom stereocenters. The first-order chi connectivity index (χ1) is 10.1. The van der Waals surface area contributed by atoms with Crippen LogP contribution in [-0.2, 0) is 0 Å². The van der Waals surface area contributed by atoms with Crippen LogP contribution in [0.4, 0.5) is 14.5 Å². The molecule has 2 rings (SSSR count). The van der Waals surface area contributed by atoms with Crippen LogP contribution in [0.15, 0.2) is 42.5 Å². The molecule has 0 aliphatic carbocycles. The topological polar surface area (TPSA) is 29.3 Å². The van der Waals surface area contributed by atoms with Crippen LogP contribution in [0.1, 0.15) is 24.1 Å². The third-order valence-electron chi connectivity index (χ3n) is 3.65. The van der Waals surface area contributed by atoms with Crippen molar-refractivity contribution < 1.29 is 8.78 Å². The third-order valence-corrected chi connectivity index (χ3v) is 3.65. The number of aryl methyl sites for hydroxylation is 1. The summed E-state index contributed by atoms with van der Waals surface area (Å²) in [6.07, 6.45) is 0. The Morgan fingerprint density at radius 2 is 1.90 bits per heavy atom. The molecular formula is C17H20F2N2. The molecule has 1 atom stereocenters. The van der Waals surface area contributed by atoms with Crippen LogP contribution in [-0.4, -0.2) is 13.1 Å². The Morgan fingerprint density at radius 1 is 1.14 bits per heavy atom. The van der Waals surface area contributed by atoms with Crippen LogP contribution in [0.25, 0.3) is 0 Å². The van der Waals surface area contributed by atoms with Crippen molar-refractivity contribution in [2.75, 3.05) is 18.0 Å². The van der Waals surface area contributed by atoms with Crippen LogP contribution in [0.5, 0.6) is 0 Å². The summed E-state index contributed by atoms with van der Waals surface area (Å²) in [5.41, 5.74) is 8.21. The average molecular weight is 290 g/mol. The molecule has 2 aromatic carbocycles. The lowest BCUT2D eigenvalue weighted by atomic mass is 10.0. The molecule has 4 heteroatoms. The minimum absolute atomic E-state index is 0.115. The number of nitrogens with two attached hydrogens (primary N) is 1. The zero-order chi connectivity index (χ0) is 15.4. The van der Waals surface area contributed by atoms with Gasteiger partial charge in [-0.15, -0.1) is 0 Å². The van der Waals surface area contributed by atoms with E-state index in [-0.39, 0.29) is 17.7 Å². The highest BCUT2D eigenvalue weighted by atomic mass is 19.1. The predicted octanol–water partition coefficient (Wildman–Crippen LogP) is 3.80. The van der Waals surface area contributed by atoms with Gasteiger partial charge in [-0.25, -0.2) is 8.78 Å². The molecule has 0 bridgehead atoms. The van der Waals surface area contributed by atoms with Crippen molar-refractivity contribution in [3.05, 3.63) is 65.2 Å². The number of anilines is 1. The first kappa shape index (κ1) is 15.4. The van der Waals surface area contributed by atoms with E-state index in [1.807, 2.05) is 17.9 Å². The fourth-order valence-corrected chi connectivity index (χ4v) is 2.56. The molecule has 0 aliphatic rings. The molecule has 0 radical (unpaired) electrons. The van der Waals surface area contributed by atoms with Crippen LogP contribution in [0.3, 0.4) is 0 Å². The summed E-state index contributed by atoms with van der Waals surface area (Å²) >= 11 is 0. The van der Waals surface area contributed by atoms with Gasteiger partial charge in [0, 0.05) is 18.8 Å². The number of likely N-dealkylation sites (N-methyl/N-ethyl adjacent to an activating group) is 1. The maximum atomic E-state index is 13.4. The molecule has 0 fully saturated rings. The highest BCUT2D eigenvalue weighted by molar-refractivity contribution is 5.49. The molecule has 0 spiro atoms. The van der Waals surface area contributed by atoms with Gasteiger partial charge in [0.1, 0.15) is 11.6 Å². The van der Waals surface area contributed by atoms with Crippen LogP contribution >= 0.6 is 0 Å². The highest BCUT2D eigenvalue weighted by Crippen LogP contribution is 2.27. The first-order valence-electron chi connectivity index (χ1n) is 7.05. The second kappa shape index (κ2) is 6.68. The van der Waals surface area contributed by atoms with E-state index in [0.29, 0.717) is 18.7 Å². The molecule has 21 heavy (non-hydrogen) atoms. The summed E-state index contributed by atoms with van der Waals surface area (Å²) in [7, 11) is 0. The second-order valence-electron chi connectivity index (χ2n) is 5.03. The van der Waals surface area contributed by atoms with E-state index in [1.165, 1.54) is 18.2 Å². The minimum atomic E-state index is -0.281. The quantitative estimate of drug-likeness (QED) is 0.907. The van der Waals surface area contributed by atoms with E-state index < -0.39 is 0 Å². The van der Waals surface area contributed by atoms with Gasteiger partial charge in [-0.3, -0.25) is 0 Å². The van der Waals surface area contributed by atoms with E-state index in [1.54, 1.807) is 25.1 Å². The molecule has 0 aromatic heterocycles. The third kappa shape index (κ3) is 3.39. The molecule has 0 saturated heterocycles. The molecule has 2 nitrogen and oxygen atoms in total. The van der Waals surface area contributed by atoms with Crippen molar-refractivity contribution >= 4 is 5.69 Å². The molecule has 112 valence electrons. The lowest BCUT2D eigenvalue weighted by molar-refractivity contribution is 0.605. The molecule has 0 amide bonds. The average Bonchev–Trinajstić information content (AvgIpc) is 2.47. The molecular weight excluding hydrogens is 270 g/mol. The second-order valence-corrected chi connectivity index (χ2v) is 5.03. The Balaban J connectivity index is 2.39. The smallest absolute Gasteiger partial charge is 0.126 e. The standard InChI is InChI=1S/C17H20F2N2/c1-3-21(15-6-4-5-14(18)10-15)17(11-20)13-7-8-16(19)12(2)9-13/h4-10,17H,3,11,20H2,1-2H3. The number of halogens is 2. The van der Waals surface area contributed by atoms with Crippen molar-refractivity contribution in [1.82, 2.24) is 0 Å². The fourth-order valence-electron chi connectivity index (χ4n) is 2.56. The van der Waals surface area contributed by atoms with E-state index in [2.05, 4.69) is 0 Å². The van der Waals surface area contributed by atoms with Crippen molar-refractivity contribution in [1.29, 1.82) is 0 Å². The van der Waals surface area contributed by atoms with Crippen molar-refractivity contribution in [3.8, 4) is 0 Å². The molecule has 2 N–H and O–H groups in total. The maximum Gasteiger partial charge on any atom is 0.126 e. The van der Waals surface area contributed by atoms with Crippen molar-refractivity contribution in [2.45, 2.75) is 19.9 Å².